The topological polar surface area (TPSA) is 89.9 Å². The summed E-state index contributed by atoms with van der Waals surface area (Å²) >= 11 is 0. The Balaban J connectivity index is 4.51. The summed E-state index contributed by atoms with van der Waals surface area (Å²) < 4.78 is 11.5. The maximum Gasteiger partial charge on any atom is 0.306 e. The summed E-state index contributed by atoms with van der Waals surface area (Å²) in [5.41, 5.74) is 0. The van der Waals surface area contributed by atoms with Crippen LogP contribution in [-0.2, 0) is 23.9 Å². The molecule has 0 saturated heterocycles. The highest BCUT2D eigenvalue weighted by molar-refractivity contribution is 5.70. The molecule has 6 heteroatoms. The lowest BCUT2D eigenvalue weighted by atomic mass is 9.89. The molecule has 1 N–H and O–H groups in total. The number of carboxylic acid groups (broad SMARTS) is 1. The molecule has 0 heterocycles. The molecule has 0 fully saturated rings. The molecule has 0 aromatic carbocycles. The highest BCUT2D eigenvalue weighted by atomic mass is 16.6. The van der Waals surface area contributed by atoms with Crippen molar-refractivity contribution in [1.82, 2.24) is 0 Å². The van der Waals surface area contributed by atoms with Crippen LogP contribution in [0.3, 0.4) is 0 Å². The van der Waals surface area contributed by atoms with Crippen LogP contribution in [0.2, 0.25) is 0 Å². The fourth-order valence-electron chi connectivity index (χ4n) is 6.17. The molecular weight excluding hydrogens is 564 g/mol. The van der Waals surface area contributed by atoms with E-state index in [9.17, 15) is 14.4 Å². The Bertz CT molecular complexity index is 678. The van der Waals surface area contributed by atoms with E-state index in [1.807, 2.05) is 6.92 Å². The normalized spacial score (nSPS) is 12.6. The zero-order valence-electron chi connectivity index (χ0n) is 30.1. The SMILES string of the molecule is CCCCCCCCCCCCCCCC(=O)OCC(CC(CCCCCCCCCC)CCCCC(=O)O)OC(=O)CCC. The number of hydrogen-bond donors (Lipinski definition) is 1. The number of unbranched alkanes of at least 4 members (excludes halogenated alkanes) is 20. The molecule has 0 aliphatic rings. The number of aliphatic carboxylic acids is 1. The van der Waals surface area contributed by atoms with Crippen LogP contribution in [0.25, 0.3) is 0 Å². The number of ether oxygens (including phenoxy) is 2. The van der Waals surface area contributed by atoms with E-state index in [2.05, 4.69) is 13.8 Å². The molecule has 0 radical (unpaired) electrons. The molecule has 0 aromatic rings. The van der Waals surface area contributed by atoms with Crippen molar-refractivity contribution in [2.45, 2.75) is 219 Å². The van der Waals surface area contributed by atoms with Gasteiger partial charge in [0, 0.05) is 19.3 Å². The molecule has 6 nitrogen and oxygen atoms in total. The Morgan fingerprint density at radius 1 is 0.489 bits per heavy atom. The Labute approximate surface area is 278 Å². The van der Waals surface area contributed by atoms with Crippen molar-refractivity contribution in [3.63, 3.8) is 0 Å². The number of carbonyl (C=O) groups excluding carboxylic acids is 2. The highest BCUT2D eigenvalue weighted by Crippen LogP contribution is 2.25. The van der Waals surface area contributed by atoms with E-state index in [0.29, 0.717) is 31.6 Å². The predicted octanol–water partition coefficient (Wildman–Crippen LogP) is 11.9. The van der Waals surface area contributed by atoms with Gasteiger partial charge in [-0.2, -0.15) is 0 Å². The van der Waals surface area contributed by atoms with Crippen LogP contribution in [-0.4, -0.2) is 35.7 Å². The molecule has 2 unspecified atom stereocenters. The van der Waals surface area contributed by atoms with Crippen LogP contribution < -0.4 is 0 Å². The summed E-state index contributed by atoms with van der Waals surface area (Å²) in [6.07, 6.45) is 32.0. The average Bonchev–Trinajstić information content (AvgIpc) is 3.01. The van der Waals surface area contributed by atoms with Gasteiger partial charge in [0.2, 0.25) is 0 Å². The fraction of sp³-hybridized carbons (Fsp3) is 0.923. The average molecular weight is 639 g/mol. The molecule has 0 spiro atoms. The third-order valence-electron chi connectivity index (χ3n) is 8.98. The molecule has 0 aromatic heterocycles. The van der Waals surface area contributed by atoms with Gasteiger partial charge in [0.05, 0.1) is 0 Å². The van der Waals surface area contributed by atoms with Crippen molar-refractivity contribution >= 4 is 17.9 Å². The van der Waals surface area contributed by atoms with Crippen LogP contribution in [0.1, 0.15) is 213 Å². The summed E-state index contributed by atoms with van der Waals surface area (Å²) in [5, 5.41) is 9.04. The summed E-state index contributed by atoms with van der Waals surface area (Å²) in [7, 11) is 0. The van der Waals surface area contributed by atoms with E-state index in [4.69, 9.17) is 14.6 Å². The first-order valence-corrected chi connectivity index (χ1v) is 19.5. The van der Waals surface area contributed by atoms with E-state index >= 15 is 0 Å². The zero-order valence-corrected chi connectivity index (χ0v) is 30.1. The molecule has 0 saturated carbocycles. The lowest BCUT2D eigenvalue weighted by Gasteiger charge is -2.24. The summed E-state index contributed by atoms with van der Waals surface area (Å²) in [6.45, 7) is 6.58. The first-order chi connectivity index (χ1) is 21.9. The second-order valence-corrected chi connectivity index (χ2v) is 13.5. The lowest BCUT2D eigenvalue weighted by molar-refractivity contribution is -0.160. The molecule has 0 bridgehead atoms. The molecule has 0 rings (SSSR count). The highest BCUT2D eigenvalue weighted by Gasteiger charge is 2.22. The quantitative estimate of drug-likeness (QED) is 0.0548. The van der Waals surface area contributed by atoms with Gasteiger partial charge < -0.3 is 14.6 Å². The van der Waals surface area contributed by atoms with E-state index in [0.717, 1.165) is 44.9 Å². The molecule has 266 valence electrons. The zero-order chi connectivity index (χ0) is 33.2. The van der Waals surface area contributed by atoms with Crippen molar-refractivity contribution in [3.05, 3.63) is 0 Å². The van der Waals surface area contributed by atoms with Gasteiger partial charge >= 0.3 is 17.9 Å². The lowest BCUT2D eigenvalue weighted by Crippen LogP contribution is -2.28. The smallest absolute Gasteiger partial charge is 0.306 e. The second kappa shape index (κ2) is 33.8. The minimum atomic E-state index is -0.753. The number of hydrogen-bond acceptors (Lipinski definition) is 5. The van der Waals surface area contributed by atoms with Gasteiger partial charge in [0.25, 0.3) is 0 Å². The van der Waals surface area contributed by atoms with Crippen molar-refractivity contribution in [2.24, 2.45) is 5.92 Å². The number of esters is 2. The Morgan fingerprint density at radius 2 is 0.911 bits per heavy atom. The summed E-state index contributed by atoms with van der Waals surface area (Å²) in [4.78, 5) is 35.9. The van der Waals surface area contributed by atoms with Gasteiger partial charge in [0.1, 0.15) is 12.7 Å². The molecule has 0 aliphatic carbocycles. The predicted molar refractivity (Wildman–Crippen MR) is 187 cm³/mol. The van der Waals surface area contributed by atoms with Crippen molar-refractivity contribution in [1.29, 1.82) is 0 Å². The van der Waals surface area contributed by atoms with Gasteiger partial charge in [0.15, 0.2) is 0 Å². The number of carbonyl (C=O) groups is 3. The van der Waals surface area contributed by atoms with Crippen molar-refractivity contribution in [3.8, 4) is 0 Å². The fourth-order valence-corrected chi connectivity index (χ4v) is 6.17. The van der Waals surface area contributed by atoms with Gasteiger partial charge in [-0.15, -0.1) is 0 Å². The van der Waals surface area contributed by atoms with E-state index < -0.39 is 12.1 Å². The van der Waals surface area contributed by atoms with Crippen LogP contribution in [0.15, 0.2) is 0 Å². The van der Waals surface area contributed by atoms with Crippen molar-refractivity contribution in [2.75, 3.05) is 6.61 Å². The summed E-state index contributed by atoms with van der Waals surface area (Å²) in [6, 6.07) is 0. The number of carboxylic acids is 1. The number of rotatable bonds is 35. The molecular formula is C39H74O6. The van der Waals surface area contributed by atoms with Crippen LogP contribution >= 0.6 is 0 Å². The molecule has 0 amide bonds. The maximum atomic E-state index is 12.5. The maximum absolute atomic E-state index is 12.5. The van der Waals surface area contributed by atoms with E-state index in [1.54, 1.807) is 0 Å². The van der Waals surface area contributed by atoms with Gasteiger partial charge in [-0.05, 0) is 31.6 Å². The Morgan fingerprint density at radius 3 is 1.38 bits per heavy atom. The van der Waals surface area contributed by atoms with Crippen molar-refractivity contribution < 1.29 is 29.0 Å². The first-order valence-electron chi connectivity index (χ1n) is 19.5. The van der Waals surface area contributed by atoms with Gasteiger partial charge in [-0.3, -0.25) is 14.4 Å². The van der Waals surface area contributed by atoms with Crippen LogP contribution in [0.5, 0.6) is 0 Å². The largest absolute Gasteiger partial charge is 0.481 e. The van der Waals surface area contributed by atoms with Gasteiger partial charge in [-0.25, -0.2) is 0 Å². The molecule has 0 aliphatic heterocycles. The summed E-state index contributed by atoms with van der Waals surface area (Å²) in [5.74, 6) is -0.850. The molecule has 45 heavy (non-hydrogen) atoms. The standard InChI is InChI=1S/C39H74O6/c1-4-7-9-11-13-15-16-17-18-19-21-23-25-32-38(42)44-34-36(45-39(43)28-6-3)33-35(30-26-27-31-37(40)41)29-24-22-20-14-12-10-8-5-2/h35-36H,4-34H2,1-3H3,(H,40,41). The second-order valence-electron chi connectivity index (χ2n) is 13.5. The third kappa shape index (κ3) is 32.2. The minimum absolute atomic E-state index is 0.121. The molecule has 2 atom stereocenters. The van der Waals surface area contributed by atoms with Crippen LogP contribution in [0, 0.1) is 5.92 Å². The van der Waals surface area contributed by atoms with Crippen LogP contribution in [0.4, 0.5) is 0 Å². The van der Waals surface area contributed by atoms with E-state index in [-0.39, 0.29) is 25.0 Å². The van der Waals surface area contributed by atoms with E-state index in [1.165, 1.54) is 116 Å². The minimum Gasteiger partial charge on any atom is -0.481 e. The Kier molecular flexibility index (Phi) is 32.6. The Hall–Kier alpha value is -1.59. The van der Waals surface area contributed by atoms with Gasteiger partial charge in [-0.1, -0.05) is 168 Å². The first kappa shape index (κ1) is 43.4. The third-order valence-corrected chi connectivity index (χ3v) is 8.98. The monoisotopic (exact) mass is 639 g/mol.